The monoisotopic (exact) mass is 866 g/mol. The van der Waals surface area contributed by atoms with Crippen LogP contribution in [0.3, 0.4) is 0 Å². The molecular weight excluding hydrogens is 801 g/mol. The largest absolute Gasteiger partial charge is 0.507 e. The van der Waals surface area contributed by atoms with E-state index in [1.54, 1.807) is 0 Å². The molecule has 0 unspecified atom stereocenters. The van der Waals surface area contributed by atoms with Crippen LogP contribution in [0.4, 0.5) is 0 Å². The molecule has 17 heteroatoms. The fraction of sp³-hybridized carbons (Fsp3) is 0.578. The number of likely N-dealkylation sites (N-methyl/N-ethyl adjacent to an activating group) is 1. The van der Waals surface area contributed by atoms with Crippen molar-refractivity contribution in [2.45, 2.75) is 147 Å². The van der Waals surface area contributed by atoms with Gasteiger partial charge < -0.3 is 51.9 Å². The lowest BCUT2D eigenvalue weighted by molar-refractivity contribution is -0.143. The summed E-state index contributed by atoms with van der Waals surface area (Å²) >= 11 is 0. The number of nitrogens with zero attached hydrogens (tertiary/aromatic N) is 1. The fourth-order valence-electron chi connectivity index (χ4n) is 7.23. The zero-order valence-electron chi connectivity index (χ0n) is 36.5. The lowest BCUT2D eigenvalue weighted by Gasteiger charge is -2.30. The molecule has 1 heterocycles. The van der Waals surface area contributed by atoms with E-state index in [9.17, 15) is 54.0 Å². The minimum Gasteiger partial charge on any atom is -0.507 e. The van der Waals surface area contributed by atoms with E-state index in [2.05, 4.69) is 33.5 Å². The van der Waals surface area contributed by atoms with Crippen LogP contribution in [0.25, 0.3) is 11.1 Å². The molecule has 2 aromatic carbocycles. The van der Waals surface area contributed by atoms with Gasteiger partial charge in [0, 0.05) is 31.0 Å². The number of aliphatic hydroxyl groups excluding tert-OH is 1. The molecule has 0 radical (unpaired) electrons. The molecule has 9 N–H and O–H groups in total. The number of phenolic OH excluding ortho intramolecular Hbond substituents is 2. The van der Waals surface area contributed by atoms with Crippen LogP contribution in [0.5, 0.6) is 11.5 Å². The smallest absolute Gasteiger partial charge is 0.326 e. The molecule has 5 atom stereocenters. The lowest BCUT2D eigenvalue weighted by Crippen LogP contribution is -2.55. The van der Waals surface area contributed by atoms with Crippen molar-refractivity contribution in [1.82, 2.24) is 31.5 Å². The van der Waals surface area contributed by atoms with Crippen molar-refractivity contribution in [3.05, 3.63) is 47.5 Å². The Hall–Kier alpha value is -5.71. The van der Waals surface area contributed by atoms with Crippen molar-refractivity contribution in [1.29, 1.82) is 0 Å². The minimum absolute atomic E-state index is 0.0661. The van der Waals surface area contributed by atoms with E-state index >= 15 is 0 Å². The average molecular weight is 867 g/mol. The number of nitrogens with one attached hydrogen (secondary N) is 5. The number of carboxylic acids is 1. The van der Waals surface area contributed by atoms with Crippen molar-refractivity contribution in [3.8, 4) is 22.6 Å². The maximum absolute atomic E-state index is 13.8. The summed E-state index contributed by atoms with van der Waals surface area (Å²) in [5.41, 5.74) is 0.724. The van der Waals surface area contributed by atoms with Crippen LogP contribution < -0.4 is 26.6 Å². The molecule has 0 spiro atoms. The second-order valence-corrected chi connectivity index (χ2v) is 16.1. The molecule has 0 fully saturated rings. The number of carboxylic acid groups (broad SMARTS) is 1. The van der Waals surface area contributed by atoms with Crippen LogP contribution in [0.15, 0.2) is 36.4 Å². The Kier molecular flexibility index (Phi) is 21.2. The molecule has 0 saturated carbocycles. The third-order valence-electron chi connectivity index (χ3n) is 11.0. The van der Waals surface area contributed by atoms with Crippen LogP contribution in [0.2, 0.25) is 0 Å². The number of unbranched alkanes of at least 4 members (excludes halogenated alkanes) is 12. The number of rotatable bonds is 23. The van der Waals surface area contributed by atoms with Gasteiger partial charge in [-0.25, -0.2) is 4.79 Å². The van der Waals surface area contributed by atoms with E-state index in [1.165, 1.54) is 115 Å². The predicted molar refractivity (Wildman–Crippen MR) is 232 cm³/mol. The number of carbonyl (C=O) groups excluding carboxylic acids is 6. The maximum atomic E-state index is 13.8. The highest BCUT2D eigenvalue weighted by molar-refractivity contribution is 5.96. The van der Waals surface area contributed by atoms with Gasteiger partial charge in [-0.15, -0.1) is 0 Å². The van der Waals surface area contributed by atoms with Gasteiger partial charge in [0.25, 0.3) is 0 Å². The third-order valence-corrected chi connectivity index (χ3v) is 11.0. The van der Waals surface area contributed by atoms with E-state index in [-0.39, 0.29) is 41.0 Å². The fourth-order valence-corrected chi connectivity index (χ4v) is 7.23. The minimum atomic E-state index is -1.47. The van der Waals surface area contributed by atoms with Gasteiger partial charge in [-0.3, -0.25) is 28.8 Å². The number of aliphatic carboxylic acids is 1. The molecule has 342 valence electrons. The van der Waals surface area contributed by atoms with Crippen molar-refractivity contribution >= 4 is 41.4 Å². The van der Waals surface area contributed by atoms with Gasteiger partial charge in [0.15, 0.2) is 0 Å². The Bertz CT molecular complexity index is 1860. The number of amides is 6. The topological polar surface area (TPSA) is 264 Å². The number of phenols is 2. The molecule has 1 aliphatic heterocycles. The zero-order valence-corrected chi connectivity index (χ0v) is 36.5. The van der Waals surface area contributed by atoms with Crippen molar-refractivity contribution in [2.24, 2.45) is 0 Å². The Morgan fingerprint density at radius 1 is 0.774 bits per heavy atom. The van der Waals surface area contributed by atoms with Crippen LogP contribution in [-0.2, 0) is 40.0 Å². The summed E-state index contributed by atoms with van der Waals surface area (Å²) in [6.07, 6.45) is 15.1. The molecule has 0 aromatic heterocycles. The molecule has 2 aromatic rings. The van der Waals surface area contributed by atoms with E-state index in [0.29, 0.717) is 12.0 Å². The zero-order chi connectivity index (χ0) is 45.8. The first-order valence-electron chi connectivity index (χ1n) is 21.8. The normalized spacial score (nSPS) is 17.3. The SMILES string of the molecule is CCCCCCCCCCCCCCCC(=O)N[C@H](CO)C(=O)N[C@H](C)C(=O)NCC(=O)N(C)[C@@H]1C(=O)N[C@@H](C)C(=O)N[C@H](C(=O)O)Cc2ccc(O)c(c2)-c2cc1ccc2O. The second kappa shape index (κ2) is 25.9. The molecule has 17 nitrogen and oxygen atoms in total. The molecule has 6 amide bonds. The first kappa shape index (κ1) is 50.6. The van der Waals surface area contributed by atoms with Crippen molar-refractivity contribution in [3.63, 3.8) is 0 Å². The summed E-state index contributed by atoms with van der Waals surface area (Å²) < 4.78 is 0. The maximum Gasteiger partial charge on any atom is 0.326 e. The van der Waals surface area contributed by atoms with Crippen LogP contribution >= 0.6 is 0 Å². The van der Waals surface area contributed by atoms with Gasteiger partial charge in [0.2, 0.25) is 35.4 Å². The van der Waals surface area contributed by atoms with Crippen molar-refractivity contribution < 1.29 is 54.0 Å². The van der Waals surface area contributed by atoms with Gasteiger partial charge in [-0.1, -0.05) is 96.1 Å². The molecule has 4 bridgehead atoms. The Morgan fingerprint density at radius 3 is 1.92 bits per heavy atom. The molecule has 3 rings (SSSR count). The molecule has 0 aliphatic carbocycles. The van der Waals surface area contributed by atoms with Gasteiger partial charge >= 0.3 is 5.97 Å². The second-order valence-electron chi connectivity index (χ2n) is 16.1. The van der Waals surface area contributed by atoms with Gasteiger partial charge in [-0.2, -0.15) is 0 Å². The van der Waals surface area contributed by atoms with Crippen LogP contribution in [0, 0.1) is 0 Å². The van der Waals surface area contributed by atoms with Gasteiger partial charge in [-0.05, 0) is 55.7 Å². The van der Waals surface area contributed by atoms with Crippen molar-refractivity contribution in [2.75, 3.05) is 20.2 Å². The van der Waals surface area contributed by atoms with E-state index < -0.39 is 84.8 Å². The number of fused-ring (bicyclic) bond motifs is 5. The molecular formula is C45H66N6O11. The van der Waals surface area contributed by atoms with E-state index in [0.717, 1.165) is 24.2 Å². The summed E-state index contributed by atoms with van der Waals surface area (Å²) in [6.45, 7) is 3.54. The van der Waals surface area contributed by atoms with Gasteiger partial charge in [0.1, 0.15) is 41.7 Å². The summed E-state index contributed by atoms with van der Waals surface area (Å²) in [5.74, 6) is -6.37. The highest BCUT2D eigenvalue weighted by atomic mass is 16.4. The number of aromatic hydroxyl groups is 2. The first-order valence-corrected chi connectivity index (χ1v) is 21.8. The predicted octanol–water partition coefficient (Wildman–Crippen LogP) is 3.47. The summed E-state index contributed by atoms with van der Waals surface area (Å²) in [7, 11) is 1.27. The molecule has 0 saturated heterocycles. The van der Waals surface area contributed by atoms with Crippen LogP contribution in [-0.4, -0.2) is 111 Å². The molecule has 1 aliphatic rings. The Balaban J connectivity index is 1.58. The highest BCUT2D eigenvalue weighted by Crippen LogP contribution is 2.38. The highest BCUT2D eigenvalue weighted by Gasteiger charge is 2.33. The first-order chi connectivity index (χ1) is 29.6. The summed E-state index contributed by atoms with van der Waals surface area (Å²) in [5, 5.41) is 53.5. The number of hydrogen-bond donors (Lipinski definition) is 9. The quantitative estimate of drug-likeness (QED) is 0.0731. The third kappa shape index (κ3) is 16.0. The lowest BCUT2D eigenvalue weighted by atomic mass is 9.94. The van der Waals surface area contributed by atoms with E-state index in [4.69, 9.17) is 0 Å². The average Bonchev–Trinajstić information content (AvgIpc) is 3.23. The summed E-state index contributed by atoms with van der Waals surface area (Å²) in [4.78, 5) is 92.0. The van der Waals surface area contributed by atoms with Crippen LogP contribution in [0.1, 0.15) is 128 Å². The summed E-state index contributed by atoms with van der Waals surface area (Å²) in [6, 6.07) is 1.57. The number of aliphatic hydroxyl groups is 1. The molecule has 62 heavy (non-hydrogen) atoms. The Morgan fingerprint density at radius 2 is 1.34 bits per heavy atom. The number of benzene rings is 2. The Labute approximate surface area is 363 Å². The van der Waals surface area contributed by atoms with Gasteiger partial charge in [0.05, 0.1) is 13.2 Å². The standard InChI is InChI=1S/C45H66N6O11/c1-5-6-7-8-9-10-11-12-13-14-15-16-17-18-38(55)49-35(27-52)43(59)47-28(2)41(57)46-26-39(56)51(4)40-31-20-22-37(54)33(25-31)32-23-30(19-21-36(32)53)24-34(45(61)62)50-42(58)29(3)48-44(40)60/h19-23,25,28-29,34-35,40,52-54H,5-18,24,26-27H2,1-4H3,(H,46,57)(H,47,59)(H,48,60)(H,49,55)(H,50,58)(H,61,62)/t28-,29+,34+,35-,40+/m1/s1. The number of carbonyl (C=O) groups is 7. The van der Waals surface area contributed by atoms with E-state index in [1.807, 2.05) is 0 Å². The number of hydrogen-bond acceptors (Lipinski definition) is 10.